The van der Waals surface area contributed by atoms with E-state index in [0.717, 1.165) is 13.0 Å². The third kappa shape index (κ3) is 7.94. The van der Waals surface area contributed by atoms with Gasteiger partial charge in [-0.2, -0.15) is 0 Å². The fourth-order valence-electron chi connectivity index (χ4n) is 2.95. The summed E-state index contributed by atoms with van der Waals surface area (Å²) in [6.07, 6.45) is -13.4. The maximum absolute atomic E-state index is 10.4. The molecule has 0 saturated carbocycles. The quantitative estimate of drug-likeness (QED) is 0.127. The molecule has 1 aliphatic heterocycles. The van der Waals surface area contributed by atoms with E-state index >= 15 is 0 Å². The van der Waals surface area contributed by atoms with Crippen LogP contribution in [0.5, 0.6) is 0 Å². The molecular weight excluding hydrogens is 392 g/mol. The zero-order valence-corrected chi connectivity index (χ0v) is 16.8. The molecule has 12 nitrogen and oxygen atoms in total. The van der Waals surface area contributed by atoms with Crippen LogP contribution < -0.4 is 5.32 Å². The van der Waals surface area contributed by atoms with Crippen LogP contribution in [0.15, 0.2) is 0 Å². The maximum Gasteiger partial charge on any atom is 0.187 e. The van der Waals surface area contributed by atoms with E-state index in [1.807, 2.05) is 19.0 Å². The molecule has 0 aromatic carbocycles. The van der Waals surface area contributed by atoms with Crippen LogP contribution in [0, 0.1) is 0 Å². The molecule has 0 spiro atoms. The van der Waals surface area contributed by atoms with Gasteiger partial charge in [0.15, 0.2) is 6.29 Å². The Hall–Kier alpha value is -0.480. The van der Waals surface area contributed by atoms with E-state index in [4.69, 9.17) is 9.47 Å². The second-order valence-electron chi connectivity index (χ2n) is 7.47. The number of aliphatic hydroxyl groups is 8. The summed E-state index contributed by atoms with van der Waals surface area (Å²) in [5.74, 6) is 0. The van der Waals surface area contributed by atoms with Crippen molar-refractivity contribution in [2.24, 2.45) is 0 Å². The summed E-state index contributed by atoms with van der Waals surface area (Å²) < 4.78 is 10.5. The summed E-state index contributed by atoms with van der Waals surface area (Å²) >= 11 is 0. The largest absolute Gasteiger partial charge is 0.394 e. The van der Waals surface area contributed by atoms with E-state index in [-0.39, 0.29) is 6.54 Å². The number of nitrogens with zero attached hydrogens (tertiary/aromatic N) is 1. The Kier molecular flexibility index (Phi) is 11.9. The van der Waals surface area contributed by atoms with Crippen molar-refractivity contribution in [1.29, 1.82) is 0 Å². The van der Waals surface area contributed by atoms with Crippen molar-refractivity contribution >= 4 is 0 Å². The number of hydrogen-bond acceptors (Lipinski definition) is 12. The van der Waals surface area contributed by atoms with Gasteiger partial charge in [-0.1, -0.05) is 0 Å². The van der Waals surface area contributed by atoms with E-state index in [1.54, 1.807) is 0 Å². The van der Waals surface area contributed by atoms with Crippen LogP contribution in [-0.4, -0.2) is 148 Å². The smallest absolute Gasteiger partial charge is 0.187 e. The fourth-order valence-corrected chi connectivity index (χ4v) is 2.95. The first kappa shape index (κ1) is 26.6. The third-order valence-corrected chi connectivity index (χ3v) is 4.75. The minimum absolute atomic E-state index is 0.0265. The molecule has 5 unspecified atom stereocenters. The average molecular weight is 428 g/mol. The van der Waals surface area contributed by atoms with Gasteiger partial charge in [-0.05, 0) is 33.6 Å². The number of hydrogen-bond donors (Lipinski definition) is 9. The normalized spacial score (nSPS) is 32.2. The number of rotatable bonds is 13. The van der Waals surface area contributed by atoms with Gasteiger partial charge in [-0.15, -0.1) is 0 Å². The monoisotopic (exact) mass is 428 g/mol. The molecule has 12 heteroatoms. The Morgan fingerprint density at radius 2 is 1.66 bits per heavy atom. The Morgan fingerprint density at radius 1 is 1.00 bits per heavy atom. The van der Waals surface area contributed by atoms with Gasteiger partial charge < -0.3 is 60.5 Å². The molecule has 0 aliphatic carbocycles. The minimum atomic E-state index is -1.75. The first-order valence-electron chi connectivity index (χ1n) is 9.60. The SMILES string of the molecule is CN(C)CCCNCC(O)C(O)C(OC1O[C@H](CO)[C@H](O)[C@H](O)[C@H]1O)C(O)CO. The molecule has 9 atom stereocenters. The lowest BCUT2D eigenvalue weighted by Crippen LogP contribution is -2.61. The molecule has 29 heavy (non-hydrogen) atoms. The van der Waals surface area contributed by atoms with Gasteiger partial charge in [0.25, 0.3) is 0 Å². The van der Waals surface area contributed by atoms with Crippen molar-refractivity contribution in [2.45, 2.75) is 61.5 Å². The molecule has 1 aliphatic rings. The Balaban J connectivity index is 2.70. The first-order valence-corrected chi connectivity index (χ1v) is 9.60. The third-order valence-electron chi connectivity index (χ3n) is 4.75. The lowest BCUT2D eigenvalue weighted by Gasteiger charge is -2.42. The van der Waals surface area contributed by atoms with Crippen LogP contribution in [0.25, 0.3) is 0 Å². The molecule has 1 fully saturated rings. The molecule has 1 rings (SSSR count). The molecule has 0 amide bonds. The topological polar surface area (TPSA) is 196 Å². The van der Waals surface area contributed by atoms with Gasteiger partial charge in [0.2, 0.25) is 0 Å². The van der Waals surface area contributed by atoms with Crippen molar-refractivity contribution in [3.8, 4) is 0 Å². The molecule has 0 bridgehead atoms. The zero-order chi connectivity index (χ0) is 22.1. The van der Waals surface area contributed by atoms with Gasteiger partial charge in [0.1, 0.15) is 42.7 Å². The molecule has 1 saturated heterocycles. The van der Waals surface area contributed by atoms with E-state index in [9.17, 15) is 40.9 Å². The molecule has 0 aromatic heterocycles. The summed E-state index contributed by atoms with van der Waals surface area (Å²) in [4.78, 5) is 1.99. The van der Waals surface area contributed by atoms with Crippen molar-refractivity contribution < 1.29 is 50.3 Å². The summed E-state index contributed by atoms with van der Waals surface area (Å²) in [6, 6.07) is 0. The van der Waals surface area contributed by atoms with Gasteiger partial charge in [0.05, 0.1) is 19.3 Å². The highest BCUT2D eigenvalue weighted by Crippen LogP contribution is 2.24. The Bertz CT molecular complexity index is 444. The van der Waals surface area contributed by atoms with E-state index in [1.165, 1.54) is 0 Å². The Labute approximate surface area is 169 Å². The molecule has 9 N–H and O–H groups in total. The number of ether oxygens (including phenoxy) is 2. The standard InChI is InChI=1S/C17H36N2O10/c1-19(2)5-3-4-18-6-9(22)12(24)16(10(23)7-20)29-17-15(27)14(26)13(25)11(8-21)28-17/h9-18,20-27H,3-8H2,1-2H3/t9?,10?,11-,12?,13+,14+,15-,16?,17?/m1/s1. The van der Waals surface area contributed by atoms with Crippen LogP contribution in [0.2, 0.25) is 0 Å². The van der Waals surface area contributed by atoms with Gasteiger partial charge in [-0.25, -0.2) is 0 Å². The van der Waals surface area contributed by atoms with Gasteiger partial charge in [-0.3, -0.25) is 0 Å². The van der Waals surface area contributed by atoms with Crippen molar-refractivity contribution in [2.75, 3.05) is 46.9 Å². The predicted molar refractivity (Wildman–Crippen MR) is 99.8 cm³/mol. The predicted octanol–water partition coefficient (Wildman–Crippen LogP) is -5.21. The van der Waals surface area contributed by atoms with Crippen LogP contribution in [-0.2, 0) is 9.47 Å². The van der Waals surface area contributed by atoms with Gasteiger partial charge in [0, 0.05) is 6.54 Å². The minimum Gasteiger partial charge on any atom is -0.394 e. The molecule has 1 heterocycles. The number of aliphatic hydroxyl groups excluding tert-OH is 8. The van der Waals surface area contributed by atoms with Crippen molar-refractivity contribution in [3.05, 3.63) is 0 Å². The fraction of sp³-hybridized carbons (Fsp3) is 1.00. The summed E-state index contributed by atoms with van der Waals surface area (Å²) in [5, 5.41) is 81.7. The molecule has 0 radical (unpaired) electrons. The van der Waals surface area contributed by atoms with Crippen LogP contribution in [0.4, 0.5) is 0 Å². The van der Waals surface area contributed by atoms with Crippen LogP contribution in [0.1, 0.15) is 6.42 Å². The second-order valence-corrected chi connectivity index (χ2v) is 7.47. The number of nitrogens with one attached hydrogen (secondary N) is 1. The maximum atomic E-state index is 10.4. The van der Waals surface area contributed by atoms with Crippen molar-refractivity contribution in [3.63, 3.8) is 0 Å². The highest BCUT2D eigenvalue weighted by Gasteiger charge is 2.46. The average Bonchev–Trinajstić information content (AvgIpc) is 2.69. The van der Waals surface area contributed by atoms with Crippen LogP contribution >= 0.6 is 0 Å². The second kappa shape index (κ2) is 13.0. The van der Waals surface area contributed by atoms with E-state index < -0.39 is 68.3 Å². The van der Waals surface area contributed by atoms with Gasteiger partial charge >= 0.3 is 0 Å². The van der Waals surface area contributed by atoms with E-state index in [0.29, 0.717) is 6.54 Å². The van der Waals surface area contributed by atoms with Crippen LogP contribution in [0.3, 0.4) is 0 Å². The summed E-state index contributed by atoms with van der Waals surface area (Å²) in [7, 11) is 3.85. The summed E-state index contributed by atoms with van der Waals surface area (Å²) in [6.45, 7) is -0.121. The van der Waals surface area contributed by atoms with E-state index in [2.05, 4.69) is 5.32 Å². The lowest BCUT2D eigenvalue weighted by atomic mass is 9.98. The highest BCUT2D eigenvalue weighted by atomic mass is 16.7. The highest BCUT2D eigenvalue weighted by molar-refractivity contribution is 4.91. The molecule has 0 aromatic rings. The summed E-state index contributed by atoms with van der Waals surface area (Å²) in [5.41, 5.74) is 0. The molecule has 174 valence electrons. The first-order chi connectivity index (χ1) is 13.6. The molecular formula is C17H36N2O10. The van der Waals surface area contributed by atoms with Crippen molar-refractivity contribution in [1.82, 2.24) is 10.2 Å². The lowest BCUT2D eigenvalue weighted by molar-refractivity contribution is -0.327. The zero-order valence-electron chi connectivity index (χ0n) is 16.8. The Morgan fingerprint density at radius 3 is 2.21 bits per heavy atom.